The number of amidine groups is 1. The van der Waals surface area contributed by atoms with Crippen molar-refractivity contribution < 1.29 is 9.94 Å². The molecule has 100 valence electrons. The number of benzene rings is 1. The first-order chi connectivity index (χ1) is 8.60. The van der Waals surface area contributed by atoms with Gasteiger partial charge in [0.05, 0.1) is 7.11 Å². The number of methoxy groups -OCH3 is 1. The molecule has 4 N–H and O–H groups in total. The highest BCUT2D eigenvalue weighted by Gasteiger charge is 2.13. The van der Waals surface area contributed by atoms with Gasteiger partial charge in [-0.15, -0.1) is 0 Å². The number of oxime groups is 1. The largest absolute Gasteiger partial charge is 0.496 e. The van der Waals surface area contributed by atoms with E-state index < -0.39 is 0 Å². The van der Waals surface area contributed by atoms with E-state index in [2.05, 4.69) is 17.4 Å². The first-order valence-electron chi connectivity index (χ1n) is 5.93. The van der Waals surface area contributed by atoms with Gasteiger partial charge in [-0.3, -0.25) is 0 Å². The summed E-state index contributed by atoms with van der Waals surface area (Å²) in [5, 5.41) is 14.9. The van der Waals surface area contributed by atoms with Gasteiger partial charge in [0, 0.05) is 24.1 Å². The molecule has 0 saturated carbocycles. The molecule has 0 bridgehead atoms. The minimum atomic E-state index is -0.0212. The van der Waals surface area contributed by atoms with Gasteiger partial charge in [-0.2, -0.15) is 0 Å². The third kappa shape index (κ3) is 3.63. The van der Waals surface area contributed by atoms with Crippen LogP contribution in [-0.2, 0) is 0 Å². The molecule has 0 radical (unpaired) electrons. The molecule has 1 rings (SSSR count). The van der Waals surface area contributed by atoms with E-state index in [4.69, 9.17) is 15.7 Å². The van der Waals surface area contributed by atoms with E-state index in [1.165, 1.54) is 0 Å². The lowest BCUT2D eigenvalue weighted by molar-refractivity contribution is 0.313. The number of hydrogen-bond donors (Lipinski definition) is 3. The summed E-state index contributed by atoms with van der Waals surface area (Å²) < 4.78 is 5.31. The number of nitrogens with two attached hydrogens (primary N) is 1. The molecular weight excluding hydrogens is 230 g/mol. The Bertz CT molecular complexity index is 407. The molecule has 0 saturated heterocycles. The maximum atomic E-state index is 8.58. The molecule has 1 unspecified atom stereocenters. The van der Waals surface area contributed by atoms with Crippen LogP contribution in [0.1, 0.15) is 25.5 Å². The first-order valence-corrected chi connectivity index (χ1v) is 5.93. The Labute approximate surface area is 108 Å². The number of ether oxygens (including phenoxy) is 1. The highest BCUT2D eigenvalue weighted by Crippen LogP contribution is 2.24. The highest BCUT2D eigenvalue weighted by molar-refractivity contribution is 5.82. The van der Waals surface area contributed by atoms with E-state index in [0.29, 0.717) is 6.54 Å². The van der Waals surface area contributed by atoms with E-state index in [1.54, 1.807) is 7.11 Å². The van der Waals surface area contributed by atoms with Crippen LogP contribution in [0.3, 0.4) is 0 Å². The minimum Gasteiger partial charge on any atom is -0.496 e. The SMILES string of the molecule is COc1ccccc1[C@H](C)NCC(C)/C(N)=N/O. The fourth-order valence-corrected chi connectivity index (χ4v) is 1.69. The topological polar surface area (TPSA) is 79.9 Å². The van der Waals surface area contributed by atoms with Crippen LogP contribution >= 0.6 is 0 Å². The van der Waals surface area contributed by atoms with Crippen LogP contribution in [0.5, 0.6) is 5.75 Å². The Morgan fingerprint density at radius 1 is 1.44 bits per heavy atom. The predicted molar refractivity (Wildman–Crippen MR) is 72.0 cm³/mol. The first kappa shape index (κ1) is 14.3. The van der Waals surface area contributed by atoms with E-state index in [9.17, 15) is 0 Å². The minimum absolute atomic E-state index is 0.0212. The summed E-state index contributed by atoms with van der Waals surface area (Å²) in [6.07, 6.45) is 0. The Hall–Kier alpha value is -1.75. The van der Waals surface area contributed by atoms with Gasteiger partial charge in [-0.25, -0.2) is 0 Å². The third-order valence-electron chi connectivity index (χ3n) is 2.96. The second kappa shape index (κ2) is 6.86. The van der Waals surface area contributed by atoms with Gasteiger partial charge in [-0.05, 0) is 13.0 Å². The van der Waals surface area contributed by atoms with Gasteiger partial charge in [0.25, 0.3) is 0 Å². The van der Waals surface area contributed by atoms with Crippen LogP contribution in [0.15, 0.2) is 29.4 Å². The lowest BCUT2D eigenvalue weighted by Gasteiger charge is -2.19. The monoisotopic (exact) mass is 251 g/mol. The smallest absolute Gasteiger partial charge is 0.143 e. The molecule has 0 aromatic heterocycles. The van der Waals surface area contributed by atoms with E-state index >= 15 is 0 Å². The molecular formula is C13H21N3O2. The number of nitrogens with one attached hydrogen (secondary N) is 1. The van der Waals surface area contributed by atoms with Gasteiger partial charge in [0.15, 0.2) is 0 Å². The average Bonchev–Trinajstić information content (AvgIpc) is 2.43. The Kier molecular flexibility index (Phi) is 5.45. The molecule has 0 spiro atoms. The van der Waals surface area contributed by atoms with Crippen molar-refractivity contribution in [2.24, 2.45) is 16.8 Å². The number of hydrogen-bond acceptors (Lipinski definition) is 4. The summed E-state index contributed by atoms with van der Waals surface area (Å²) >= 11 is 0. The van der Waals surface area contributed by atoms with Gasteiger partial charge in [-0.1, -0.05) is 30.3 Å². The highest BCUT2D eigenvalue weighted by atomic mass is 16.5. The van der Waals surface area contributed by atoms with Crippen molar-refractivity contribution in [3.8, 4) is 5.75 Å². The van der Waals surface area contributed by atoms with Gasteiger partial charge in [0.1, 0.15) is 11.6 Å². The van der Waals surface area contributed by atoms with Crippen molar-refractivity contribution in [2.75, 3.05) is 13.7 Å². The summed E-state index contributed by atoms with van der Waals surface area (Å²) in [6, 6.07) is 8.00. The maximum absolute atomic E-state index is 8.58. The van der Waals surface area contributed by atoms with Crippen molar-refractivity contribution >= 4 is 5.84 Å². The van der Waals surface area contributed by atoms with E-state index in [0.717, 1.165) is 11.3 Å². The molecule has 0 aliphatic heterocycles. The van der Waals surface area contributed by atoms with Crippen molar-refractivity contribution in [3.63, 3.8) is 0 Å². The zero-order valence-corrected chi connectivity index (χ0v) is 11.1. The van der Waals surface area contributed by atoms with Crippen molar-refractivity contribution in [2.45, 2.75) is 19.9 Å². The molecule has 2 atom stereocenters. The fraction of sp³-hybridized carbons (Fsp3) is 0.462. The number of para-hydroxylation sites is 1. The Morgan fingerprint density at radius 2 is 2.11 bits per heavy atom. The summed E-state index contributed by atoms with van der Waals surface area (Å²) in [5.74, 6) is 1.07. The summed E-state index contributed by atoms with van der Waals surface area (Å²) in [6.45, 7) is 4.59. The lowest BCUT2D eigenvalue weighted by atomic mass is 10.1. The van der Waals surface area contributed by atoms with Crippen LogP contribution in [-0.4, -0.2) is 24.7 Å². The molecule has 0 amide bonds. The molecule has 0 aliphatic carbocycles. The fourth-order valence-electron chi connectivity index (χ4n) is 1.69. The summed E-state index contributed by atoms with van der Waals surface area (Å²) in [4.78, 5) is 0. The van der Waals surface area contributed by atoms with E-state index in [-0.39, 0.29) is 17.8 Å². The predicted octanol–water partition coefficient (Wildman–Crippen LogP) is 1.73. The molecule has 0 aliphatic rings. The summed E-state index contributed by atoms with van der Waals surface area (Å²) in [7, 11) is 1.66. The summed E-state index contributed by atoms with van der Waals surface area (Å²) in [5.41, 5.74) is 6.62. The van der Waals surface area contributed by atoms with Crippen LogP contribution in [0.4, 0.5) is 0 Å². The molecule has 5 heteroatoms. The van der Waals surface area contributed by atoms with Crippen molar-refractivity contribution in [3.05, 3.63) is 29.8 Å². The molecule has 5 nitrogen and oxygen atoms in total. The van der Waals surface area contributed by atoms with Gasteiger partial charge in [0.2, 0.25) is 0 Å². The quantitative estimate of drug-likeness (QED) is 0.311. The standard InChI is InChI=1S/C13H21N3O2/c1-9(13(14)16-17)8-15-10(2)11-6-4-5-7-12(11)18-3/h4-7,9-10,15,17H,8H2,1-3H3,(H2,14,16)/t9?,10-/m0/s1. The van der Waals surface area contributed by atoms with Crippen molar-refractivity contribution in [1.29, 1.82) is 0 Å². The number of nitrogens with zero attached hydrogens (tertiary/aromatic N) is 1. The number of rotatable bonds is 6. The molecule has 1 aromatic rings. The third-order valence-corrected chi connectivity index (χ3v) is 2.96. The average molecular weight is 251 g/mol. The maximum Gasteiger partial charge on any atom is 0.143 e. The second-order valence-electron chi connectivity index (χ2n) is 4.30. The zero-order valence-electron chi connectivity index (χ0n) is 11.1. The van der Waals surface area contributed by atoms with Crippen LogP contribution in [0.2, 0.25) is 0 Å². The normalized spacial score (nSPS) is 15.2. The van der Waals surface area contributed by atoms with Crippen LogP contribution in [0.25, 0.3) is 0 Å². The van der Waals surface area contributed by atoms with E-state index in [1.807, 2.05) is 31.2 Å². The molecule has 1 aromatic carbocycles. The molecule has 0 heterocycles. The van der Waals surface area contributed by atoms with Gasteiger partial charge < -0.3 is 21.0 Å². The zero-order chi connectivity index (χ0) is 13.5. The van der Waals surface area contributed by atoms with Crippen molar-refractivity contribution in [1.82, 2.24) is 5.32 Å². The van der Waals surface area contributed by atoms with Crippen LogP contribution < -0.4 is 15.8 Å². The Morgan fingerprint density at radius 3 is 2.72 bits per heavy atom. The second-order valence-corrected chi connectivity index (χ2v) is 4.30. The van der Waals surface area contributed by atoms with Crippen LogP contribution in [0, 0.1) is 5.92 Å². The lowest BCUT2D eigenvalue weighted by Crippen LogP contribution is -2.32. The molecule has 0 fully saturated rings. The molecule has 18 heavy (non-hydrogen) atoms. The van der Waals surface area contributed by atoms with Gasteiger partial charge >= 0.3 is 0 Å². The Balaban J connectivity index is 2.63.